The number of carbonyl (C=O) groups excluding carboxylic acids is 1. The molecule has 1 fully saturated rings. The molecular weight excluding hydrogens is 270 g/mol. The fourth-order valence-corrected chi connectivity index (χ4v) is 3.75. The average molecular weight is 288 g/mol. The van der Waals surface area contributed by atoms with E-state index in [1.807, 2.05) is 0 Å². The molecular formula is C13H18ClNO2S. The zero-order chi connectivity index (χ0) is 13.2. The Morgan fingerprint density at radius 1 is 1.72 bits per heavy atom. The van der Waals surface area contributed by atoms with E-state index in [9.17, 15) is 9.90 Å². The number of hydrogen-bond acceptors (Lipinski definition) is 3. The fraction of sp³-hybridized carbons (Fsp3) is 0.615. The molecule has 2 rings (SSSR count). The normalized spacial score (nSPS) is 28.1. The number of aliphatic hydroxyl groups excluding tert-OH is 1. The van der Waals surface area contributed by atoms with Crippen molar-refractivity contribution in [2.75, 3.05) is 6.61 Å². The Kier molecular flexibility index (Phi) is 4.30. The maximum atomic E-state index is 12.2. The van der Waals surface area contributed by atoms with E-state index in [1.165, 1.54) is 11.3 Å². The van der Waals surface area contributed by atoms with Gasteiger partial charge in [0.25, 0.3) is 5.91 Å². The number of aliphatic hydroxyl groups is 1. The molecule has 1 aromatic heterocycles. The van der Waals surface area contributed by atoms with Crippen LogP contribution in [0.3, 0.4) is 0 Å². The van der Waals surface area contributed by atoms with Crippen molar-refractivity contribution < 1.29 is 9.90 Å². The van der Waals surface area contributed by atoms with Crippen molar-refractivity contribution in [1.82, 2.24) is 5.32 Å². The average Bonchev–Trinajstić information content (AvgIpc) is 2.75. The second-order valence-corrected chi connectivity index (χ2v) is 6.52. The van der Waals surface area contributed by atoms with Gasteiger partial charge in [-0.1, -0.05) is 31.4 Å². The number of hydrogen-bond donors (Lipinski definition) is 2. The summed E-state index contributed by atoms with van der Waals surface area (Å²) in [7, 11) is 0. The first-order chi connectivity index (χ1) is 8.56. The molecule has 5 heteroatoms. The Morgan fingerprint density at radius 3 is 3.06 bits per heavy atom. The zero-order valence-corrected chi connectivity index (χ0v) is 12.0. The molecule has 2 atom stereocenters. The molecule has 1 heterocycles. The lowest BCUT2D eigenvalue weighted by atomic mass is 9.77. The highest BCUT2D eigenvalue weighted by molar-refractivity contribution is 7.12. The number of thiophene rings is 1. The summed E-state index contributed by atoms with van der Waals surface area (Å²) in [5, 5.41) is 14.9. The van der Waals surface area contributed by atoms with Crippen LogP contribution in [0.5, 0.6) is 0 Å². The molecule has 1 aliphatic rings. The van der Waals surface area contributed by atoms with E-state index in [1.54, 1.807) is 11.4 Å². The molecule has 0 saturated heterocycles. The van der Waals surface area contributed by atoms with Gasteiger partial charge in [0.15, 0.2) is 0 Å². The van der Waals surface area contributed by atoms with Crippen LogP contribution in [-0.2, 0) is 0 Å². The predicted octanol–water partition coefficient (Wildman–Crippen LogP) is 3.07. The second kappa shape index (κ2) is 5.59. The molecule has 0 radical (unpaired) electrons. The van der Waals surface area contributed by atoms with E-state index in [-0.39, 0.29) is 12.5 Å². The third-order valence-corrected chi connectivity index (χ3v) is 4.94. The standard InChI is InChI=1S/C13H18ClNO2S/c1-9-3-2-5-13(7-9,8-16)15-12(17)11-10(14)4-6-18-11/h4,6,9,16H,2-3,5,7-8H2,1H3,(H,15,17). The van der Waals surface area contributed by atoms with Crippen LogP contribution in [0.4, 0.5) is 0 Å². The summed E-state index contributed by atoms with van der Waals surface area (Å²) in [6.07, 6.45) is 3.87. The molecule has 1 saturated carbocycles. The van der Waals surface area contributed by atoms with Crippen LogP contribution in [0.1, 0.15) is 42.3 Å². The Labute approximate surface area is 116 Å². The van der Waals surface area contributed by atoms with Gasteiger partial charge in [0.05, 0.1) is 17.2 Å². The fourth-order valence-electron chi connectivity index (χ4n) is 2.71. The number of halogens is 1. The molecule has 3 nitrogen and oxygen atoms in total. The summed E-state index contributed by atoms with van der Waals surface area (Å²) in [4.78, 5) is 12.7. The number of rotatable bonds is 3. The predicted molar refractivity (Wildman–Crippen MR) is 74.2 cm³/mol. The van der Waals surface area contributed by atoms with Crippen LogP contribution in [0, 0.1) is 5.92 Å². The lowest BCUT2D eigenvalue weighted by Crippen LogP contribution is -2.53. The van der Waals surface area contributed by atoms with E-state index in [4.69, 9.17) is 11.6 Å². The Bertz CT molecular complexity index is 434. The molecule has 0 bridgehead atoms. The topological polar surface area (TPSA) is 49.3 Å². The smallest absolute Gasteiger partial charge is 0.263 e. The van der Waals surface area contributed by atoms with Gasteiger partial charge >= 0.3 is 0 Å². The molecule has 0 aliphatic heterocycles. The van der Waals surface area contributed by atoms with Crippen LogP contribution in [0.15, 0.2) is 11.4 Å². The largest absolute Gasteiger partial charge is 0.394 e. The molecule has 2 N–H and O–H groups in total. The number of nitrogens with one attached hydrogen (secondary N) is 1. The van der Waals surface area contributed by atoms with E-state index in [0.717, 1.165) is 25.7 Å². The first-order valence-corrected chi connectivity index (χ1v) is 7.48. The van der Waals surface area contributed by atoms with E-state index in [0.29, 0.717) is 15.8 Å². The van der Waals surface area contributed by atoms with Gasteiger partial charge in [0, 0.05) is 0 Å². The van der Waals surface area contributed by atoms with Crippen molar-refractivity contribution in [3.05, 3.63) is 21.3 Å². The lowest BCUT2D eigenvalue weighted by molar-refractivity contribution is 0.0700. The Hall–Kier alpha value is -0.580. The lowest BCUT2D eigenvalue weighted by Gasteiger charge is -2.39. The molecule has 1 aromatic rings. The third-order valence-electron chi connectivity index (χ3n) is 3.60. The van der Waals surface area contributed by atoms with Crippen LogP contribution in [0.25, 0.3) is 0 Å². The molecule has 0 spiro atoms. The molecule has 2 unspecified atom stereocenters. The van der Waals surface area contributed by atoms with Gasteiger partial charge in [0.1, 0.15) is 4.88 Å². The highest BCUT2D eigenvalue weighted by Gasteiger charge is 2.36. The third kappa shape index (κ3) is 2.87. The summed E-state index contributed by atoms with van der Waals surface area (Å²) in [5.41, 5.74) is -0.470. The summed E-state index contributed by atoms with van der Waals surface area (Å²) < 4.78 is 0. The van der Waals surface area contributed by atoms with Crippen LogP contribution in [0.2, 0.25) is 5.02 Å². The SMILES string of the molecule is CC1CCCC(CO)(NC(=O)c2sccc2Cl)C1. The molecule has 100 valence electrons. The Morgan fingerprint density at radius 2 is 2.50 bits per heavy atom. The van der Waals surface area contributed by atoms with Gasteiger partial charge in [-0.25, -0.2) is 0 Å². The van der Waals surface area contributed by atoms with Gasteiger partial charge in [-0.2, -0.15) is 0 Å². The number of carbonyl (C=O) groups is 1. The van der Waals surface area contributed by atoms with E-state index in [2.05, 4.69) is 12.2 Å². The van der Waals surface area contributed by atoms with Gasteiger partial charge in [-0.05, 0) is 30.2 Å². The zero-order valence-electron chi connectivity index (χ0n) is 10.4. The minimum atomic E-state index is -0.470. The maximum absolute atomic E-state index is 12.2. The maximum Gasteiger partial charge on any atom is 0.263 e. The molecule has 0 aromatic carbocycles. The second-order valence-electron chi connectivity index (χ2n) is 5.19. The van der Waals surface area contributed by atoms with Crippen LogP contribution in [-0.4, -0.2) is 23.2 Å². The molecule has 1 amide bonds. The van der Waals surface area contributed by atoms with Crippen molar-refractivity contribution >= 4 is 28.8 Å². The summed E-state index contributed by atoms with van der Waals surface area (Å²) >= 11 is 7.29. The van der Waals surface area contributed by atoms with Gasteiger partial charge in [-0.3, -0.25) is 4.79 Å². The van der Waals surface area contributed by atoms with Crippen LogP contribution < -0.4 is 5.32 Å². The van der Waals surface area contributed by atoms with Gasteiger partial charge < -0.3 is 10.4 Å². The van der Waals surface area contributed by atoms with Crippen molar-refractivity contribution in [3.63, 3.8) is 0 Å². The first kappa shape index (κ1) is 13.8. The monoisotopic (exact) mass is 287 g/mol. The van der Waals surface area contributed by atoms with E-state index < -0.39 is 5.54 Å². The van der Waals surface area contributed by atoms with Crippen molar-refractivity contribution in [2.24, 2.45) is 5.92 Å². The van der Waals surface area contributed by atoms with Crippen molar-refractivity contribution in [2.45, 2.75) is 38.1 Å². The molecule has 1 aliphatic carbocycles. The van der Waals surface area contributed by atoms with Gasteiger partial charge in [0.2, 0.25) is 0 Å². The highest BCUT2D eigenvalue weighted by atomic mass is 35.5. The summed E-state index contributed by atoms with van der Waals surface area (Å²) in [6, 6.07) is 1.72. The van der Waals surface area contributed by atoms with Crippen LogP contribution >= 0.6 is 22.9 Å². The quantitative estimate of drug-likeness (QED) is 0.898. The van der Waals surface area contributed by atoms with Gasteiger partial charge in [-0.15, -0.1) is 11.3 Å². The molecule has 18 heavy (non-hydrogen) atoms. The Balaban J connectivity index is 2.11. The van der Waals surface area contributed by atoms with E-state index >= 15 is 0 Å². The minimum absolute atomic E-state index is 0.00786. The minimum Gasteiger partial charge on any atom is -0.394 e. The van der Waals surface area contributed by atoms with Crippen molar-refractivity contribution in [1.29, 1.82) is 0 Å². The number of amides is 1. The highest BCUT2D eigenvalue weighted by Crippen LogP contribution is 2.33. The van der Waals surface area contributed by atoms with Crippen molar-refractivity contribution in [3.8, 4) is 0 Å². The summed E-state index contributed by atoms with van der Waals surface area (Å²) in [6.45, 7) is 2.15. The first-order valence-electron chi connectivity index (χ1n) is 6.23. The summed E-state index contributed by atoms with van der Waals surface area (Å²) in [5.74, 6) is 0.364.